The van der Waals surface area contributed by atoms with Crippen LogP contribution in [-0.4, -0.2) is 0 Å². The van der Waals surface area contributed by atoms with Crippen molar-refractivity contribution < 1.29 is 0 Å². The Morgan fingerprint density at radius 3 is 1.57 bits per heavy atom. The van der Waals surface area contributed by atoms with E-state index in [1.807, 2.05) is 0 Å². The average Bonchev–Trinajstić information content (AvgIpc) is 3.25. The molecule has 0 spiro atoms. The zero-order chi connectivity index (χ0) is 35.6. The molecule has 0 atom stereocenters. The molecule has 0 fully saturated rings. The predicted molar refractivity (Wildman–Crippen MR) is 233 cm³/mol. The summed E-state index contributed by atoms with van der Waals surface area (Å²) in [6.45, 7) is 0. The topological polar surface area (TPSA) is 0 Å². The molecular formula is C54H34. The van der Waals surface area contributed by atoms with Crippen LogP contribution in [0, 0.1) is 0 Å². The molecule has 0 aromatic heterocycles. The van der Waals surface area contributed by atoms with Crippen molar-refractivity contribution in [3.05, 3.63) is 206 Å². The zero-order valence-corrected chi connectivity index (χ0v) is 29.6. The lowest BCUT2D eigenvalue weighted by Gasteiger charge is -2.21. The van der Waals surface area contributed by atoms with Crippen LogP contribution in [0.2, 0.25) is 0 Å². The number of hydrogen-bond donors (Lipinski definition) is 0. The highest BCUT2D eigenvalue weighted by molar-refractivity contribution is 6.26. The van der Waals surface area contributed by atoms with Crippen LogP contribution in [0.25, 0.3) is 109 Å². The lowest BCUT2D eigenvalue weighted by Crippen LogP contribution is -1.93. The van der Waals surface area contributed by atoms with E-state index >= 15 is 0 Å². The molecule has 0 unspecified atom stereocenters. The van der Waals surface area contributed by atoms with E-state index in [-0.39, 0.29) is 0 Å². The fourth-order valence-corrected chi connectivity index (χ4v) is 8.91. The summed E-state index contributed by atoms with van der Waals surface area (Å²) in [5.74, 6) is 0. The van der Waals surface area contributed by atoms with Crippen molar-refractivity contribution in [2.45, 2.75) is 0 Å². The van der Waals surface area contributed by atoms with E-state index in [9.17, 15) is 0 Å². The summed E-state index contributed by atoms with van der Waals surface area (Å²) in [4.78, 5) is 0. The smallest absolute Gasteiger partial charge is 0.00197 e. The minimum Gasteiger partial charge on any atom is -0.0616 e. The van der Waals surface area contributed by atoms with Gasteiger partial charge in [0.1, 0.15) is 0 Å². The second kappa shape index (κ2) is 12.3. The van der Waals surface area contributed by atoms with E-state index in [0.717, 1.165) is 0 Å². The van der Waals surface area contributed by atoms with Crippen LogP contribution >= 0.6 is 0 Å². The molecule has 0 heterocycles. The van der Waals surface area contributed by atoms with Gasteiger partial charge in [-0.15, -0.1) is 0 Å². The molecule has 0 N–H and O–H groups in total. The van der Waals surface area contributed by atoms with Crippen molar-refractivity contribution in [3.63, 3.8) is 0 Å². The van der Waals surface area contributed by atoms with Gasteiger partial charge in [-0.25, -0.2) is 0 Å². The molecule has 250 valence electrons. The van der Waals surface area contributed by atoms with E-state index < -0.39 is 0 Å². The van der Waals surface area contributed by atoms with Crippen LogP contribution in [0.1, 0.15) is 0 Å². The summed E-state index contributed by atoms with van der Waals surface area (Å²) in [6.07, 6.45) is 0. The third-order valence-electron chi connectivity index (χ3n) is 11.4. The Labute approximate surface area is 314 Å². The van der Waals surface area contributed by atoms with Gasteiger partial charge in [0, 0.05) is 0 Å². The Morgan fingerprint density at radius 1 is 0.185 bits per heavy atom. The third kappa shape index (κ3) is 4.85. The lowest BCUT2D eigenvalue weighted by atomic mass is 9.82. The third-order valence-corrected chi connectivity index (χ3v) is 11.4. The maximum absolute atomic E-state index is 2.45. The van der Waals surface area contributed by atoms with Crippen LogP contribution in [0.5, 0.6) is 0 Å². The van der Waals surface area contributed by atoms with Crippen molar-refractivity contribution in [2.24, 2.45) is 0 Å². The Balaban J connectivity index is 1.25. The SMILES string of the molecule is c1cc(-c2cccc3ccccc23)cc(-c2c3ccccc3c(-c3cc4ccccc4c4ccccc34)c3cc(-c4ccc5ccccc5c4)ccc23)c1. The highest BCUT2D eigenvalue weighted by Gasteiger charge is 2.20. The Hall–Kier alpha value is -7.02. The standard InChI is InChI=1S/C54H34/c1-2-15-37-31-38(28-27-35(37)13-1)39-29-30-50-52(33-39)54(51-34-41-16-4-6-21-45(41)46-22-7-8-23-47(46)51)49-25-10-9-24-48(49)53(50)42-19-11-18-40(32-42)44-26-12-17-36-14-3-5-20-43(36)44/h1-34H. The van der Waals surface area contributed by atoms with Gasteiger partial charge in [0.2, 0.25) is 0 Å². The van der Waals surface area contributed by atoms with Gasteiger partial charge >= 0.3 is 0 Å². The van der Waals surface area contributed by atoms with Gasteiger partial charge in [0.15, 0.2) is 0 Å². The van der Waals surface area contributed by atoms with Gasteiger partial charge in [0.25, 0.3) is 0 Å². The molecule has 11 aromatic carbocycles. The number of fused-ring (bicyclic) bond motifs is 7. The van der Waals surface area contributed by atoms with E-state index in [4.69, 9.17) is 0 Å². The quantitative estimate of drug-likeness (QED) is 0.128. The van der Waals surface area contributed by atoms with E-state index in [0.29, 0.717) is 0 Å². The fraction of sp³-hybridized carbons (Fsp3) is 0. The molecule has 0 heteroatoms. The summed E-state index contributed by atoms with van der Waals surface area (Å²) >= 11 is 0. The van der Waals surface area contributed by atoms with E-state index in [1.165, 1.54) is 109 Å². The first-order chi connectivity index (χ1) is 26.8. The van der Waals surface area contributed by atoms with Gasteiger partial charge in [0.05, 0.1) is 0 Å². The molecule has 0 nitrogen and oxygen atoms in total. The zero-order valence-electron chi connectivity index (χ0n) is 29.6. The maximum Gasteiger partial charge on any atom is -0.00197 e. The van der Waals surface area contributed by atoms with Gasteiger partial charge in [-0.2, -0.15) is 0 Å². The molecule has 0 aliphatic rings. The Morgan fingerprint density at radius 2 is 0.741 bits per heavy atom. The molecule has 11 rings (SSSR count). The minimum absolute atomic E-state index is 1.21. The Bertz CT molecular complexity index is 3270. The van der Waals surface area contributed by atoms with Crippen molar-refractivity contribution in [1.29, 1.82) is 0 Å². The second-order valence-corrected chi connectivity index (χ2v) is 14.4. The summed E-state index contributed by atoms with van der Waals surface area (Å²) < 4.78 is 0. The molecule has 0 amide bonds. The average molecular weight is 683 g/mol. The first-order valence-corrected chi connectivity index (χ1v) is 18.8. The van der Waals surface area contributed by atoms with Crippen molar-refractivity contribution in [1.82, 2.24) is 0 Å². The van der Waals surface area contributed by atoms with Crippen LogP contribution in [0.3, 0.4) is 0 Å². The number of rotatable bonds is 4. The van der Waals surface area contributed by atoms with Crippen molar-refractivity contribution >= 4 is 64.6 Å². The molecule has 0 saturated carbocycles. The van der Waals surface area contributed by atoms with Crippen molar-refractivity contribution in [3.8, 4) is 44.5 Å². The molecule has 54 heavy (non-hydrogen) atoms. The lowest BCUT2D eigenvalue weighted by molar-refractivity contribution is 1.63. The molecule has 0 bridgehead atoms. The molecule has 0 radical (unpaired) electrons. The minimum atomic E-state index is 1.21. The van der Waals surface area contributed by atoms with Gasteiger partial charge in [-0.05, 0) is 133 Å². The summed E-state index contributed by atoms with van der Waals surface area (Å²) in [7, 11) is 0. The molecule has 0 aliphatic heterocycles. The highest BCUT2D eigenvalue weighted by Crippen LogP contribution is 2.48. The van der Waals surface area contributed by atoms with Gasteiger partial charge in [-0.3, -0.25) is 0 Å². The van der Waals surface area contributed by atoms with Crippen LogP contribution in [0.15, 0.2) is 206 Å². The second-order valence-electron chi connectivity index (χ2n) is 14.4. The normalized spacial score (nSPS) is 11.7. The molecule has 0 aliphatic carbocycles. The maximum atomic E-state index is 2.45. The fourth-order valence-electron chi connectivity index (χ4n) is 8.91. The predicted octanol–water partition coefficient (Wildman–Crippen LogP) is 15.3. The largest absolute Gasteiger partial charge is 0.0616 e. The van der Waals surface area contributed by atoms with Crippen LogP contribution in [-0.2, 0) is 0 Å². The number of benzene rings is 11. The monoisotopic (exact) mass is 682 g/mol. The van der Waals surface area contributed by atoms with E-state index in [1.54, 1.807) is 0 Å². The van der Waals surface area contributed by atoms with Crippen LogP contribution in [0.4, 0.5) is 0 Å². The van der Waals surface area contributed by atoms with Gasteiger partial charge < -0.3 is 0 Å². The molecule has 11 aromatic rings. The number of hydrogen-bond acceptors (Lipinski definition) is 0. The first-order valence-electron chi connectivity index (χ1n) is 18.8. The van der Waals surface area contributed by atoms with Crippen molar-refractivity contribution in [2.75, 3.05) is 0 Å². The Kier molecular flexibility index (Phi) is 6.97. The van der Waals surface area contributed by atoms with Crippen LogP contribution < -0.4 is 0 Å². The highest BCUT2D eigenvalue weighted by atomic mass is 14.2. The summed E-state index contributed by atoms with van der Waals surface area (Å²) in [5, 5.41) is 15.1. The molecular weight excluding hydrogens is 649 g/mol. The summed E-state index contributed by atoms with van der Waals surface area (Å²) in [5.41, 5.74) is 9.93. The van der Waals surface area contributed by atoms with E-state index in [2.05, 4.69) is 206 Å². The van der Waals surface area contributed by atoms with Gasteiger partial charge in [-0.1, -0.05) is 182 Å². The molecule has 0 saturated heterocycles. The summed E-state index contributed by atoms with van der Waals surface area (Å²) in [6, 6.07) is 76.3. The first kappa shape index (κ1) is 30.6.